The third-order valence-electron chi connectivity index (χ3n) is 8.07. The lowest BCUT2D eigenvalue weighted by Crippen LogP contribution is -2.54. The SMILES string of the molecule is Cc1ccc(S(=O)(=O)N(CC(=O)N(Cc2ccccc2C)[C@@H](Cc2ccccc2)C(=O)NCC(C)C)c2ccc(C)cc2C)cc1. The molecule has 1 N–H and O–H groups in total. The minimum absolute atomic E-state index is 0.0897. The van der Waals surface area contributed by atoms with E-state index in [1.54, 1.807) is 35.2 Å². The molecule has 0 saturated carbocycles. The standard InChI is InChI=1S/C38H45N3O4S/c1-27(2)24-39-38(43)36(23-32-13-8-7-9-14-32)40(25-33-15-11-10-12-30(33)5)37(42)26-41(35-21-18-29(4)22-31(35)6)46(44,45)34-19-16-28(3)17-20-34/h7-22,27,36H,23-26H2,1-6H3,(H,39,43)/t36-/m0/s1. The van der Waals surface area contributed by atoms with Crippen molar-refractivity contribution in [2.75, 3.05) is 17.4 Å². The summed E-state index contributed by atoms with van der Waals surface area (Å²) in [6.07, 6.45) is 0.274. The molecule has 7 nitrogen and oxygen atoms in total. The number of hydrogen-bond acceptors (Lipinski definition) is 4. The predicted octanol–water partition coefficient (Wildman–Crippen LogP) is 6.53. The van der Waals surface area contributed by atoms with Gasteiger partial charge in [-0.25, -0.2) is 8.42 Å². The molecule has 0 aromatic heterocycles. The molecule has 4 aromatic carbocycles. The second-order valence-electron chi connectivity index (χ2n) is 12.4. The molecular weight excluding hydrogens is 595 g/mol. The van der Waals surface area contributed by atoms with Gasteiger partial charge in [-0.2, -0.15) is 0 Å². The van der Waals surface area contributed by atoms with Crippen LogP contribution in [0.15, 0.2) is 102 Å². The van der Waals surface area contributed by atoms with Gasteiger partial charge in [0.1, 0.15) is 12.6 Å². The van der Waals surface area contributed by atoms with Crippen molar-refractivity contribution in [1.29, 1.82) is 0 Å². The second-order valence-corrected chi connectivity index (χ2v) is 14.3. The number of hydrogen-bond donors (Lipinski definition) is 1. The quantitative estimate of drug-likeness (QED) is 0.180. The monoisotopic (exact) mass is 639 g/mol. The highest BCUT2D eigenvalue weighted by molar-refractivity contribution is 7.92. The lowest BCUT2D eigenvalue weighted by molar-refractivity contribution is -0.140. The molecule has 242 valence electrons. The summed E-state index contributed by atoms with van der Waals surface area (Å²) in [5.41, 5.74) is 5.79. The van der Waals surface area contributed by atoms with Crippen molar-refractivity contribution in [3.8, 4) is 0 Å². The highest BCUT2D eigenvalue weighted by atomic mass is 32.2. The van der Waals surface area contributed by atoms with Crippen molar-refractivity contribution in [3.05, 3.63) is 130 Å². The third-order valence-corrected chi connectivity index (χ3v) is 9.84. The number of anilines is 1. The van der Waals surface area contributed by atoms with E-state index in [-0.39, 0.29) is 29.7 Å². The summed E-state index contributed by atoms with van der Waals surface area (Å²) in [6, 6.07) is 28.5. The van der Waals surface area contributed by atoms with Gasteiger partial charge in [-0.3, -0.25) is 13.9 Å². The van der Waals surface area contributed by atoms with E-state index >= 15 is 0 Å². The van der Waals surface area contributed by atoms with E-state index in [1.165, 1.54) is 4.31 Å². The van der Waals surface area contributed by atoms with Crippen molar-refractivity contribution < 1.29 is 18.0 Å². The van der Waals surface area contributed by atoms with Crippen LogP contribution in [0.4, 0.5) is 5.69 Å². The molecule has 0 aliphatic heterocycles. The smallest absolute Gasteiger partial charge is 0.264 e. The van der Waals surface area contributed by atoms with Gasteiger partial charge in [-0.15, -0.1) is 0 Å². The summed E-state index contributed by atoms with van der Waals surface area (Å²) in [5.74, 6) is -0.542. The van der Waals surface area contributed by atoms with Crippen LogP contribution in [0.1, 0.15) is 47.2 Å². The van der Waals surface area contributed by atoms with Crippen molar-refractivity contribution in [2.24, 2.45) is 5.92 Å². The lowest BCUT2D eigenvalue weighted by Gasteiger charge is -2.34. The van der Waals surface area contributed by atoms with Crippen LogP contribution in [0.2, 0.25) is 0 Å². The van der Waals surface area contributed by atoms with Gasteiger partial charge in [0, 0.05) is 19.5 Å². The zero-order chi connectivity index (χ0) is 33.4. The molecule has 1 atom stereocenters. The Morgan fingerprint density at radius 3 is 2.02 bits per heavy atom. The van der Waals surface area contributed by atoms with Crippen LogP contribution < -0.4 is 9.62 Å². The molecule has 2 amide bonds. The van der Waals surface area contributed by atoms with Gasteiger partial charge < -0.3 is 10.2 Å². The third kappa shape index (κ3) is 8.63. The predicted molar refractivity (Wildman–Crippen MR) is 185 cm³/mol. The van der Waals surface area contributed by atoms with Gasteiger partial charge >= 0.3 is 0 Å². The van der Waals surface area contributed by atoms with Crippen LogP contribution in [-0.4, -0.2) is 44.3 Å². The number of benzene rings is 4. The topological polar surface area (TPSA) is 86.8 Å². The number of sulfonamides is 1. The summed E-state index contributed by atoms with van der Waals surface area (Å²) in [7, 11) is -4.16. The van der Waals surface area contributed by atoms with E-state index in [2.05, 4.69) is 5.32 Å². The number of nitrogens with one attached hydrogen (secondary N) is 1. The Morgan fingerprint density at radius 2 is 1.39 bits per heavy atom. The maximum absolute atomic E-state index is 14.7. The number of carbonyl (C=O) groups excluding carboxylic acids is 2. The molecule has 4 aromatic rings. The first kappa shape index (κ1) is 34.4. The lowest BCUT2D eigenvalue weighted by atomic mass is 10.0. The molecule has 46 heavy (non-hydrogen) atoms. The van der Waals surface area contributed by atoms with Crippen molar-refractivity contribution >= 4 is 27.5 Å². The van der Waals surface area contributed by atoms with Crippen LogP contribution >= 0.6 is 0 Å². The summed E-state index contributed by atoms with van der Waals surface area (Å²) < 4.78 is 29.8. The number of rotatable bonds is 13. The van der Waals surface area contributed by atoms with Gasteiger partial charge in [0.25, 0.3) is 10.0 Å². The molecule has 0 fully saturated rings. The summed E-state index contributed by atoms with van der Waals surface area (Å²) in [4.78, 5) is 30.2. The molecule has 0 saturated heterocycles. The fourth-order valence-electron chi connectivity index (χ4n) is 5.38. The van der Waals surface area contributed by atoms with E-state index < -0.39 is 28.5 Å². The fourth-order valence-corrected chi connectivity index (χ4v) is 6.86. The van der Waals surface area contributed by atoms with Crippen molar-refractivity contribution in [3.63, 3.8) is 0 Å². The van der Waals surface area contributed by atoms with Crippen molar-refractivity contribution in [1.82, 2.24) is 10.2 Å². The van der Waals surface area contributed by atoms with Gasteiger partial charge in [0.2, 0.25) is 11.8 Å². The maximum Gasteiger partial charge on any atom is 0.264 e. The van der Waals surface area contributed by atoms with Crippen LogP contribution in [0.25, 0.3) is 0 Å². The van der Waals surface area contributed by atoms with Crippen molar-refractivity contribution in [2.45, 2.75) is 65.4 Å². The molecule has 4 rings (SSSR count). The Bertz CT molecular complexity index is 1750. The van der Waals surface area contributed by atoms with Gasteiger partial charge in [-0.05, 0) is 74.1 Å². The van der Waals surface area contributed by atoms with E-state index in [1.807, 2.05) is 108 Å². The minimum Gasteiger partial charge on any atom is -0.354 e. The molecule has 0 aliphatic carbocycles. The van der Waals surface area contributed by atoms with Crippen LogP contribution in [-0.2, 0) is 32.6 Å². The Labute approximate surface area is 274 Å². The molecule has 8 heteroatoms. The normalized spacial score (nSPS) is 12.1. The average Bonchev–Trinajstić information content (AvgIpc) is 3.02. The zero-order valence-corrected chi connectivity index (χ0v) is 28.5. The zero-order valence-electron chi connectivity index (χ0n) is 27.7. The molecule has 0 spiro atoms. The van der Waals surface area contributed by atoms with Crippen LogP contribution in [0.5, 0.6) is 0 Å². The number of nitrogens with zero attached hydrogens (tertiary/aromatic N) is 2. The fraction of sp³-hybridized carbons (Fsp3) is 0.316. The van der Waals surface area contributed by atoms with Gasteiger partial charge in [0.05, 0.1) is 10.6 Å². The number of aryl methyl sites for hydroxylation is 4. The molecule has 0 aliphatic rings. The highest BCUT2D eigenvalue weighted by Gasteiger charge is 2.35. The molecule has 0 radical (unpaired) electrons. The van der Waals surface area contributed by atoms with E-state index in [0.29, 0.717) is 12.2 Å². The number of amides is 2. The largest absolute Gasteiger partial charge is 0.354 e. The first-order valence-electron chi connectivity index (χ1n) is 15.7. The molecule has 0 unspecified atom stereocenters. The number of carbonyl (C=O) groups is 2. The summed E-state index contributed by atoms with van der Waals surface area (Å²) >= 11 is 0. The van der Waals surface area contributed by atoms with Crippen LogP contribution in [0.3, 0.4) is 0 Å². The minimum atomic E-state index is -4.16. The van der Waals surface area contributed by atoms with E-state index in [0.717, 1.165) is 33.4 Å². The van der Waals surface area contributed by atoms with E-state index in [9.17, 15) is 18.0 Å². The van der Waals surface area contributed by atoms with E-state index in [4.69, 9.17) is 0 Å². The Kier molecular flexibility index (Phi) is 11.4. The first-order chi connectivity index (χ1) is 21.9. The summed E-state index contributed by atoms with van der Waals surface area (Å²) in [6.45, 7) is 11.8. The highest BCUT2D eigenvalue weighted by Crippen LogP contribution is 2.29. The summed E-state index contributed by atoms with van der Waals surface area (Å²) in [5, 5.41) is 3.04. The Morgan fingerprint density at radius 1 is 0.761 bits per heavy atom. The maximum atomic E-state index is 14.7. The Hall–Kier alpha value is -4.43. The second kappa shape index (κ2) is 15.2. The first-order valence-corrected chi connectivity index (χ1v) is 17.1. The molecule has 0 bridgehead atoms. The van der Waals surface area contributed by atoms with Crippen LogP contribution in [0, 0.1) is 33.6 Å². The molecular formula is C38H45N3O4S. The Balaban J connectivity index is 1.83. The average molecular weight is 640 g/mol. The molecule has 0 heterocycles. The van der Waals surface area contributed by atoms with Gasteiger partial charge in [0.15, 0.2) is 0 Å². The van der Waals surface area contributed by atoms with Gasteiger partial charge in [-0.1, -0.05) is 104 Å².